The number of alkyl halides is 2. The van der Waals surface area contributed by atoms with Crippen molar-refractivity contribution in [1.29, 1.82) is 0 Å². The average Bonchev–Trinajstić information content (AvgIpc) is 2.34. The number of nitrogen functional groups attached to an aromatic ring is 1. The number of anilines is 3. The Morgan fingerprint density at radius 3 is 2.33 bits per heavy atom. The molecule has 2 aromatic carbocycles. The Morgan fingerprint density at radius 1 is 1.00 bits per heavy atom. The Morgan fingerprint density at radius 2 is 1.67 bits per heavy atom. The third-order valence-corrected chi connectivity index (χ3v) is 3.08. The van der Waals surface area contributed by atoms with E-state index >= 15 is 0 Å². The quantitative estimate of drug-likeness (QED) is 0.639. The summed E-state index contributed by atoms with van der Waals surface area (Å²) in [6.45, 7) is 0. The van der Waals surface area contributed by atoms with Gasteiger partial charge >= 0.3 is 0 Å². The van der Waals surface area contributed by atoms with Gasteiger partial charge in [-0.1, -0.05) is 23.9 Å². The van der Waals surface area contributed by atoms with Crippen molar-refractivity contribution >= 4 is 28.8 Å². The van der Waals surface area contributed by atoms with Crippen molar-refractivity contribution in [2.24, 2.45) is 0 Å². The van der Waals surface area contributed by atoms with Crippen molar-refractivity contribution < 1.29 is 8.78 Å². The number of nitrogens with one attached hydrogen (secondary N) is 1. The molecule has 2 rings (SSSR count). The van der Waals surface area contributed by atoms with E-state index in [4.69, 9.17) is 5.73 Å². The Hall–Kier alpha value is -1.75. The fraction of sp³-hybridized carbons (Fsp3) is 0.0769. The Kier molecular flexibility index (Phi) is 4.04. The highest BCUT2D eigenvalue weighted by atomic mass is 32.2. The van der Waals surface area contributed by atoms with Crippen LogP contribution in [0.4, 0.5) is 25.8 Å². The molecule has 0 bridgehead atoms. The molecule has 2 nitrogen and oxygen atoms in total. The molecular weight excluding hydrogens is 254 g/mol. The van der Waals surface area contributed by atoms with E-state index in [2.05, 4.69) is 5.32 Å². The molecule has 0 fully saturated rings. The molecule has 3 N–H and O–H groups in total. The van der Waals surface area contributed by atoms with Crippen molar-refractivity contribution in [2.75, 3.05) is 11.1 Å². The number of benzene rings is 2. The van der Waals surface area contributed by atoms with Gasteiger partial charge < -0.3 is 11.1 Å². The minimum atomic E-state index is -2.43. The molecule has 0 amide bonds. The second-order valence-electron chi connectivity index (χ2n) is 3.62. The summed E-state index contributed by atoms with van der Waals surface area (Å²) in [5, 5.41) is 3.10. The highest BCUT2D eigenvalue weighted by molar-refractivity contribution is 7.99. The highest BCUT2D eigenvalue weighted by Gasteiger charge is 2.09. The summed E-state index contributed by atoms with van der Waals surface area (Å²) in [5.74, 6) is -2.43. The van der Waals surface area contributed by atoms with Gasteiger partial charge in [0.15, 0.2) is 0 Å². The minimum absolute atomic E-state index is 0.518. The average molecular weight is 266 g/mol. The van der Waals surface area contributed by atoms with E-state index in [1.165, 1.54) is 0 Å². The van der Waals surface area contributed by atoms with Crippen molar-refractivity contribution in [3.05, 3.63) is 48.5 Å². The number of nitrogens with two attached hydrogens (primary N) is 1. The van der Waals surface area contributed by atoms with Gasteiger partial charge in [0.25, 0.3) is 5.76 Å². The molecule has 18 heavy (non-hydrogen) atoms. The van der Waals surface area contributed by atoms with Crippen LogP contribution in [0.1, 0.15) is 0 Å². The van der Waals surface area contributed by atoms with Gasteiger partial charge in [0.2, 0.25) is 0 Å². The monoisotopic (exact) mass is 266 g/mol. The lowest BCUT2D eigenvalue weighted by Gasteiger charge is -2.11. The van der Waals surface area contributed by atoms with Gasteiger partial charge in [-0.25, -0.2) is 0 Å². The van der Waals surface area contributed by atoms with E-state index in [0.29, 0.717) is 28.0 Å². The Labute approximate surface area is 108 Å². The van der Waals surface area contributed by atoms with E-state index in [1.54, 1.807) is 48.5 Å². The third kappa shape index (κ3) is 3.37. The smallest absolute Gasteiger partial charge is 0.288 e. The van der Waals surface area contributed by atoms with Crippen molar-refractivity contribution in [3.63, 3.8) is 0 Å². The van der Waals surface area contributed by atoms with Gasteiger partial charge in [-0.2, -0.15) is 8.78 Å². The molecule has 0 radical (unpaired) electrons. The van der Waals surface area contributed by atoms with Crippen LogP contribution in [0.5, 0.6) is 0 Å². The normalized spacial score (nSPS) is 10.6. The standard InChI is InChI=1S/C13H12F2N2S/c14-13(15)18-12-4-2-1-3-11(12)17-10-7-5-9(16)6-8-10/h1-8,13,17H,16H2. The number of thioether (sulfide) groups is 1. The van der Waals surface area contributed by atoms with Crippen LogP contribution < -0.4 is 11.1 Å². The first kappa shape index (κ1) is 12.7. The minimum Gasteiger partial charge on any atom is -0.399 e. The van der Waals surface area contributed by atoms with Crippen molar-refractivity contribution in [2.45, 2.75) is 10.7 Å². The third-order valence-electron chi connectivity index (χ3n) is 2.29. The molecule has 0 atom stereocenters. The van der Waals surface area contributed by atoms with Gasteiger partial charge in [0, 0.05) is 16.3 Å². The molecule has 0 aromatic heterocycles. The summed E-state index contributed by atoms with van der Waals surface area (Å²) in [7, 11) is 0. The second-order valence-corrected chi connectivity index (χ2v) is 4.65. The largest absolute Gasteiger partial charge is 0.399 e. The maximum Gasteiger partial charge on any atom is 0.288 e. The van der Waals surface area contributed by atoms with Crippen LogP contribution >= 0.6 is 11.8 Å². The molecule has 0 saturated heterocycles. The van der Waals surface area contributed by atoms with Gasteiger partial charge in [-0.15, -0.1) is 0 Å². The molecule has 0 unspecified atom stereocenters. The molecule has 0 aliphatic rings. The predicted octanol–water partition coefficient (Wildman–Crippen LogP) is 4.33. The number of para-hydroxylation sites is 1. The summed E-state index contributed by atoms with van der Waals surface area (Å²) >= 11 is 0.527. The lowest BCUT2D eigenvalue weighted by Crippen LogP contribution is -1.94. The molecule has 5 heteroatoms. The molecule has 0 aliphatic carbocycles. The number of halogens is 2. The highest BCUT2D eigenvalue weighted by Crippen LogP contribution is 2.33. The zero-order chi connectivity index (χ0) is 13.0. The molecule has 0 heterocycles. The Balaban J connectivity index is 2.20. The van der Waals surface area contributed by atoms with E-state index in [1.807, 2.05) is 0 Å². The summed E-state index contributed by atoms with van der Waals surface area (Å²) in [6, 6.07) is 14.1. The van der Waals surface area contributed by atoms with Crippen LogP contribution in [0.2, 0.25) is 0 Å². The van der Waals surface area contributed by atoms with Gasteiger partial charge in [-0.05, 0) is 36.4 Å². The van der Waals surface area contributed by atoms with Gasteiger partial charge in [-0.3, -0.25) is 0 Å². The maximum atomic E-state index is 12.4. The fourth-order valence-electron chi connectivity index (χ4n) is 1.49. The van der Waals surface area contributed by atoms with Crippen LogP contribution in [-0.2, 0) is 0 Å². The summed E-state index contributed by atoms with van der Waals surface area (Å²) in [4.78, 5) is 0.518. The number of hydrogen-bond acceptors (Lipinski definition) is 3. The second kappa shape index (κ2) is 5.73. The summed E-state index contributed by atoms with van der Waals surface area (Å²) in [6.07, 6.45) is 0. The fourth-order valence-corrected chi connectivity index (χ4v) is 2.09. The van der Waals surface area contributed by atoms with Crippen LogP contribution in [0, 0.1) is 0 Å². The van der Waals surface area contributed by atoms with Crippen LogP contribution in [0.3, 0.4) is 0 Å². The van der Waals surface area contributed by atoms with E-state index in [-0.39, 0.29) is 0 Å². The summed E-state index contributed by atoms with van der Waals surface area (Å²) in [5.41, 5.74) is 7.72. The SMILES string of the molecule is Nc1ccc(Nc2ccccc2SC(F)F)cc1. The maximum absolute atomic E-state index is 12.4. The Bertz CT molecular complexity index is 515. The first-order valence-corrected chi connectivity index (χ1v) is 6.19. The molecule has 0 aliphatic heterocycles. The van der Waals surface area contributed by atoms with E-state index in [0.717, 1.165) is 5.69 Å². The molecule has 0 saturated carbocycles. The van der Waals surface area contributed by atoms with Gasteiger partial charge in [0.05, 0.1) is 5.69 Å². The number of rotatable bonds is 4. The molecule has 94 valence electrons. The van der Waals surface area contributed by atoms with E-state index in [9.17, 15) is 8.78 Å². The van der Waals surface area contributed by atoms with E-state index < -0.39 is 5.76 Å². The zero-order valence-corrected chi connectivity index (χ0v) is 10.3. The lowest BCUT2D eigenvalue weighted by atomic mass is 10.2. The van der Waals surface area contributed by atoms with Crippen molar-refractivity contribution in [1.82, 2.24) is 0 Å². The first-order chi connectivity index (χ1) is 8.65. The molecule has 0 spiro atoms. The number of hydrogen-bond donors (Lipinski definition) is 2. The lowest BCUT2D eigenvalue weighted by molar-refractivity contribution is 0.252. The summed E-state index contributed by atoms with van der Waals surface area (Å²) < 4.78 is 24.8. The van der Waals surface area contributed by atoms with Crippen LogP contribution in [0.25, 0.3) is 0 Å². The first-order valence-electron chi connectivity index (χ1n) is 5.31. The van der Waals surface area contributed by atoms with Gasteiger partial charge in [0.1, 0.15) is 0 Å². The topological polar surface area (TPSA) is 38.0 Å². The predicted molar refractivity (Wildman–Crippen MR) is 72.4 cm³/mol. The molecule has 2 aromatic rings. The van der Waals surface area contributed by atoms with Crippen molar-refractivity contribution in [3.8, 4) is 0 Å². The van der Waals surface area contributed by atoms with Crippen LogP contribution in [-0.4, -0.2) is 5.76 Å². The zero-order valence-electron chi connectivity index (χ0n) is 9.44. The van der Waals surface area contributed by atoms with Crippen LogP contribution in [0.15, 0.2) is 53.4 Å². The molecular formula is C13H12F2N2S.